The second-order valence-electron chi connectivity index (χ2n) is 1.59. The van der Waals surface area contributed by atoms with Crippen molar-refractivity contribution in [2.75, 3.05) is 6.61 Å². The monoisotopic (exact) mass is 153 g/mol. The minimum Gasteiger partial charge on any atom is -0.292 e. The zero-order chi connectivity index (χ0) is 7.23. The first kappa shape index (κ1) is 7.29. The van der Waals surface area contributed by atoms with Crippen LogP contribution in [-0.2, 0) is 4.84 Å². The summed E-state index contributed by atoms with van der Waals surface area (Å²) >= 11 is 1.60. The summed E-state index contributed by atoms with van der Waals surface area (Å²) in [5.41, 5.74) is 0. The quantitative estimate of drug-likeness (QED) is 0.482. The lowest BCUT2D eigenvalue weighted by atomic mass is 10.5. The van der Waals surface area contributed by atoms with Crippen LogP contribution in [0.2, 0.25) is 0 Å². The summed E-state index contributed by atoms with van der Waals surface area (Å²) in [7, 11) is 0. The van der Waals surface area contributed by atoms with Crippen molar-refractivity contribution in [3.05, 3.63) is 22.4 Å². The first-order valence-corrected chi connectivity index (χ1v) is 3.65. The molecule has 1 heterocycles. The fourth-order valence-corrected chi connectivity index (χ4v) is 1.11. The number of thiophene rings is 1. The lowest BCUT2D eigenvalue weighted by Gasteiger charge is -1.80. The van der Waals surface area contributed by atoms with Gasteiger partial charge in [0.1, 0.15) is 6.61 Å². The number of hydrogen-bond acceptors (Lipinski definition) is 3. The van der Waals surface area contributed by atoms with E-state index in [1.165, 1.54) is 0 Å². The summed E-state index contributed by atoms with van der Waals surface area (Å²) in [6, 6.07) is 3.91. The van der Waals surface area contributed by atoms with Gasteiger partial charge >= 0.3 is 0 Å². The minimum absolute atomic E-state index is 0.290. The van der Waals surface area contributed by atoms with E-state index in [0.29, 0.717) is 0 Å². The zero-order valence-electron chi connectivity index (χ0n) is 5.33. The van der Waals surface area contributed by atoms with E-state index in [1.54, 1.807) is 11.3 Å². The van der Waals surface area contributed by atoms with Gasteiger partial charge < -0.3 is 0 Å². The molecule has 0 aliphatic heterocycles. The number of nitrogens with two attached hydrogens (primary N) is 1. The van der Waals surface area contributed by atoms with Gasteiger partial charge in [-0.1, -0.05) is 17.9 Å². The molecule has 0 aliphatic carbocycles. The van der Waals surface area contributed by atoms with E-state index in [9.17, 15) is 0 Å². The van der Waals surface area contributed by atoms with Gasteiger partial charge in [-0.3, -0.25) is 4.84 Å². The van der Waals surface area contributed by atoms with Crippen LogP contribution in [0, 0.1) is 11.8 Å². The SMILES string of the molecule is NOCC#Cc1cccs1. The van der Waals surface area contributed by atoms with Gasteiger partial charge in [-0.05, 0) is 11.4 Å². The molecule has 0 saturated carbocycles. The molecule has 1 aromatic heterocycles. The van der Waals surface area contributed by atoms with Crippen molar-refractivity contribution in [1.29, 1.82) is 0 Å². The highest BCUT2D eigenvalue weighted by atomic mass is 32.1. The highest BCUT2D eigenvalue weighted by molar-refractivity contribution is 7.10. The van der Waals surface area contributed by atoms with E-state index in [2.05, 4.69) is 16.7 Å². The molecule has 0 saturated heterocycles. The van der Waals surface area contributed by atoms with Gasteiger partial charge in [0, 0.05) is 0 Å². The maximum absolute atomic E-state index is 4.77. The number of rotatable bonds is 1. The Balaban J connectivity index is 2.49. The van der Waals surface area contributed by atoms with E-state index in [4.69, 9.17) is 5.90 Å². The van der Waals surface area contributed by atoms with Crippen LogP contribution in [0.25, 0.3) is 0 Å². The van der Waals surface area contributed by atoms with E-state index in [-0.39, 0.29) is 6.61 Å². The summed E-state index contributed by atoms with van der Waals surface area (Å²) in [6.07, 6.45) is 0. The summed E-state index contributed by atoms with van der Waals surface area (Å²) < 4.78 is 0. The maximum atomic E-state index is 4.77. The van der Waals surface area contributed by atoms with Crippen molar-refractivity contribution in [1.82, 2.24) is 0 Å². The molecule has 52 valence electrons. The predicted octanol–water partition coefficient (Wildman–Crippen LogP) is 0.990. The third-order valence-electron chi connectivity index (χ3n) is 0.888. The van der Waals surface area contributed by atoms with E-state index >= 15 is 0 Å². The van der Waals surface area contributed by atoms with Crippen LogP contribution < -0.4 is 5.90 Å². The van der Waals surface area contributed by atoms with E-state index in [1.807, 2.05) is 17.5 Å². The molecule has 2 N–H and O–H groups in total. The van der Waals surface area contributed by atoms with Crippen LogP contribution in [0.3, 0.4) is 0 Å². The van der Waals surface area contributed by atoms with Gasteiger partial charge in [0.2, 0.25) is 0 Å². The van der Waals surface area contributed by atoms with Crippen molar-refractivity contribution in [3.8, 4) is 11.8 Å². The van der Waals surface area contributed by atoms with E-state index in [0.717, 1.165) is 4.88 Å². The molecule has 0 aromatic carbocycles. The Labute approximate surface area is 63.6 Å². The van der Waals surface area contributed by atoms with Gasteiger partial charge in [-0.15, -0.1) is 11.3 Å². The topological polar surface area (TPSA) is 35.2 Å². The Hall–Kier alpha value is -0.820. The average Bonchev–Trinajstić information content (AvgIpc) is 2.41. The molecule has 0 aliphatic rings. The van der Waals surface area contributed by atoms with Gasteiger partial charge in [-0.2, -0.15) is 0 Å². The van der Waals surface area contributed by atoms with Crippen molar-refractivity contribution >= 4 is 11.3 Å². The number of hydrogen-bond donors (Lipinski definition) is 1. The normalized spacial score (nSPS) is 8.50. The fourth-order valence-electron chi connectivity index (χ4n) is 0.515. The predicted molar refractivity (Wildman–Crippen MR) is 41.3 cm³/mol. The molecule has 0 bridgehead atoms. The average molecular weight is 153 g/mol. The minimum atomic E-state index is 0.290. The van der Waals surface area contributed by atoms with E-state index < -0.39 is 0 Å². The summed E-state index contributed by atoms with van der Waals surface area (Å²) in [5, 5.41) is 1.98. The molecule has 10 heavy (non-hydrogen) atoms. The molecular weight excluding hydrogens is 146 g/mol. The second kappa shape index (κ2) is 4.07. The van der Waals surface area contributed by atoms with Crippen LogP contribution >= 0.6 is 11.3 Å². The van der Waals surface area contributed by atoms with Crippen molar-refractivity contribution in [3.63, 3.8) is 0 Å². The maximum Gasteiger partial charge on any atom is 0.129 e. The van der Waals surface area contributed by atoms with Gasteiger partial charge in [0.05, 0.1) is 4.88 Å². The third kappa shape index (κ3) is 2.19. The third-order valence-corrected chi connectivity index (χ3v) is 1.67. The molecule has 0 radical (unpaired) electrons. The van der Waals surface area contributed by atoms with Crippen LogP contribution in [0.5, 0.6) is 0 Å². The summed E-state index contributed by atoms with van der Waals surface area (Å²) in [6.45, 7) is 0.290. The molecule has 1 aromatic rings. The Morgan fingerprint density at radius 3 is 3.20 bits per heavy atom. The standard InChI is InChI=1S/C7H7NOS/c8-9-5-1-3-7-4-2-6-10-7/h2,4,6H,5,8H2. The molecule has 0 fully saturated rings. The molecule has 0 amide bonds. The Morgan fingerprint density at radius 2 is 2.60 bits per heavy atom. The lowest BCUT2D eigenvalue weighted by Crippen LogP contribution is -1.97. The van der Waals surface area contributed by atoms with Crippen LogP contribution in [0.15, 0.2) is 17.5 Å². The molecule has 3 heteroatoms. The summed E-state index contributed by atoms with van der Waals surface area (Å²) in [5.74, 6) is 10.4. The van der Waals surface area contributed by atoms with Crippen LogP contribution in [-0.4, -0.2) is 6.61 Å². The Bertz CT molecular complexity index is 232. The zero-order valence-corrected chi connectivity index (χ0v) is 6.15. The van der Waals surface area contributed by atoms with Crippen molar-refractivity contribution in [2.24, 2.45) is 5.90 Å². The molecule has 0 atom stereocenters. The first-order valence-electron chi connectivity index (χ1n) is 2.77. The van der Waals surface area contributed by atoms with Crippen LogP contribution in [0.1, 0.15) is 4.88 Å². The molecule has 1 rings (SSSR count). The molecule has 2 nitrogen and oxygen atoms in total. The Kier molecular flexibility index (Phi) is 2.97. The Morgan fingerprint density at radius 1 is 1.70 bits per heavy atom. The van der Waals surface area contributed by atoms with Gasteiger partial charge in [0.25, 0.3) is 0 Å². The van der Waals surface area contributed by atoms with Crippen molar-refractivity contribution < 1.29 is 4.84 Å². The fraction of sp³-hybridized carbons (Fsp3) is 0.143. The lowest BCUT2D eigenvalue weighted by molar-refractivity contribution is 0.173. The van der Waals surface area contributed by atoms with Gasteiger partial charge in [-0.25, -0.2) is 5.90 Å². The summed E-state index contributed by atoms with van der Waals surface area (Å²) in [4.78, 5) is 5.31. The molecular formula is C7H7NOS. The molecule has 0 unspecified atom stereocenters. The highest BCUT2D eigenvalue weighted by Crippen LogP contribution is 2.04. The molecule has 0 spiro atoms. The largest absolute Gasteiger partial charge is 0.292 e. The highest BCUT2D eigenvalue weighted by Gasteiger charge is 1.82. The smallest absolute Gasteiger partial charge is 0.129 e. The van der Waals surface area contributed by atoms with Gasteiger partial charge in [0.15, 0.2) is 0 Å². The first-order chi connectivity index (χ1) is 4.93. The van der Waals surface area contributed by atoms with Crippen LogP contribution in [0.4, 0.5) is 0 Å². The second-order valence-corrected chi connectivity index (χ2v) is 2.54. The van der Waals surface area contributed by atoms with Crippen molar-refractivity contribution in [2.45, 2.75) is 0 Å².